The van der Waals surface area contributed by atoms with Gasteiger partial charge in [-0.25, -0.2) is 8.96 Å². The molecule has 19 heteroatoms. The third-order valence-corrected chi connectivity index (χ3v) is 8.50. The molecule has 2 aliphatic heterocycles. The maximum absolute atomic E-state index is 12.9. The molecule has 0 saturated carbocycles. The number of anilines is 1. The van der Waals surface area contributed by atoms with Crippen LogP contribution in [0.2, 0.25) is 0 Å². The van der Waals surface area contributed by atoms with Crippen molar-refractivity contribution in [1.82, 2.24) is 24.0 Å². The monoisotopic (exact) mass is 607 g/mol. The molecule has 1 fully saturated rings. The Balaban J connectivity index is 1.30. The minimum atomic E-state index is -1.55. The number of thioether (sulfide) groups is 1. The summed E-state index contributed by atoms with van der Waals surface area (Å²) in [5, 5.41) is 18.8. The number of carbonyl (C=O) groups is 4. The Morgan fingerprint density at radius 1 is 1.40 bits per heavy atom. The first-order valence-corrected chi connectivity index (χ1v) is 13.9. The fourth-order valence-corrected chi connectivity index (χ4v) is 6.72. The number of nitrogens with two attached hydrogens (primary N) is 2. The third kappa shape index (κ3) is 5.00. The minimum Gasteiger partial charge on any atom is -0.543 e. The number of nitrogens with one attached hydrogen (secondary N) is 1. The second-order valence-corrected chi connectivity index (χ2v) is 11.0. The van der Waals surface area contributed by atoms with E-state index in [1.165, 1.54) is 23.1 Å². The summed E-state index contributed by atoms with van der Waals surface area (Å²) in [5.41, 5.74) is 10.8. The average Bonchev–Trinajstić information content (AvgIpc) is 3.63. The number of carboxylic acids is 1. The number of alkyl halides is 1. The molecule has 5 N–H and O–H groups in total. The number of thiazole rings is 1. The van der Waals surface area contributed by atoms with Gasteiger partial charge in [-0.1, -0.05) is 22.6 Å². The van der Waals surface area contributed by atoms with E-state index in [1.54, 1.807) is 39.0 Å². The molecule has 208 valence electrons. The van der Waals surface area contributed by atoms with Crippen LogP contribution in [-0.2, 0) is 25.8 Å². The molecule has 5 rings (SSSR count). The van der Waals surface area contributed by atoms with E-state index < -0.39 is 47.7 Å². The van der Waals surface area contributed by atoms with Gasteiger partial charge in [-0.3, -0.25) is 19.3 Å². The van der Waals surface area contributed by atoms with Gasteiger partial charge in [-0.05, 0) is 11.6 Å². The number of amides is 3. The van der Waals surface area contributed by atoms with Crippen LogP contribution < -0.4 is 26.5 Å². The Morgan fingerprint density at radius 2 is 2.20 bits per heavy atom. The van der Waals surface area contributed by atoms with Gasteiger partial charge in [0.1, 0.15) is 24.2 Å². The maximum atomic E-state index is 12.9. The van der Waals surface area contributed by atoms with Gasteiger partial charge < -0.3 is 31.5 Å². The first-order valence-electron chi connectivity index (χ1n) is 11.2. The molecule has 3 aromatic rings. The van der Waals surface area contributed by atoms with Crippen molar-refractivity contribution < 1.29 is 38.1 Å². The Bertz CT molecular complexity index is 1630. The lowest BCUT2D eigenvalue weighted by molar-refractivity contribution is -0.685. The molecule has 5 heterocycles. The van der Waals surface area contributed by atoms with E-state index in [9.17, 15) is 28.7 Å². The minimum absolute atomic E-state index is 0.0274. The number of allylic oxidation sites excluding steroid dienone is 2. The van der Waals surface area contributed by atoms with E-state index in [4.69, 9.17) is 11.5 Å². The molecule has 0 aliphatic carbocycles. The number of rotatable bonds is 10. The quantitative estimate of drug-likeness (QED) is 0.101. The molecule has 2 atom stereocenters. The van der Waals surface area contributed by atoms with E-state index in [0.29, 0.717) is 17.8 Å². The van der Waals surface area contributed by atoms with E-state index in [0.717, 1.165) is 21.3 Å². The van der Waals surface area contributed by atoms with Crippen LogP contribution in [0.3, 0.4) is 0 Å². The lowest BCUT2D eigenvalue weighted by atomic mass is 10.0. The summed E-state index contributed by atoms with van der Waals surface area (Å²) >= 11 is 3.35. The number of imidazole rings is 1. The Labute approximate surface area is 235 Å². The number of β-lactam (4-membered cyclic amide) rings is 1. The van der Waals surface area contributed by atoms with Gasteiger partial charge in [0.15, 0.2) is 5.13 Å². The molecule has 0 spiro atoms. The fourth-order valence-electron chi connectivity index (χ4n) is 4.05. The number of primary amides is 1. The predicted octanol–water partition coefficient (Wildman–Crippen LogP) is -1.87. The SMILES string of the molecule is NC(=O)c1csc2c[n+](CC=CC3=C(C(=O)[O-])N4C(=O)[C@@H](NC(=O)/C(=N\OCF)c5nsc(N)n5)[C@H]4SC3)cn12. The van der Waals surface area contributed by atoms with Crippen LogP contribution >= 0.6 is 34.6 Å². The molecule has 0 bridgehead atoms. The van der Waals surface area contributed by atoms with Crippen LogP contribution in [0.4, 0.5) is 9.52 Å². The summed E-state index contributed by atoms with van der Waals surface area (Å²) in [6.45, 7) is -0.980. The molecule has 3 aromatic heterocycles. The first kappa shape index (κ1) is 27.2. The van der Waals surface area contributed by atoms with Crippen molar-refractivity contribution in [2.75, 3.05) is 18.3 Å². The summed E-state index contributed by atoms with van der Waals surface area (Å²) in [7, 11) is 0. The van der Waals surface area contributed by atoms with E-state index in [1.807, 2.05) is 0 Å². The third-order valence-electron chi connectivity index (χ3n) is 5.77. The van der Waals surface area contributed by atoms with Crippen LogP contribution in [0, 0.1) is 0 Å². The van der Waals surface area contributed by atoms with Gasteiger partial charge in [-0.2, -0.15) is 13.8 Å². The van der Waals surface area contributed by atoms with Crippen molar-refractivity contribution in [2.45, 2.75) is 18.0 Å². The van der Waals surface area contributed by atoms with Crippen molar-refractivity contribution in [3.63, 3.8) is 0 Å². The molecule has 2 aliphatic rings. The van der Waals surface area contributed by atoms with Gasteiger partial charge in [0, 0.05) is 22.7 Å². The van der Waals surface area contributed by atoms with Crippen molar-refractivity contribution in [3.05, 3.63) is 52.8 Å². The van der Waals surface area contributed by atoms with Crippen LogP contribution in [-0.4, -0.2) is 72.1 Å². The number of nitrogen functional groups attached to an aromatic ring is 1. The molecular formula is C21H18FN9O6S3. The van der Waals surface area contributed by atoms with Gasteiger partial charge in [0.25, 0.3) is 30.9 Å². The standard InChI is InChI=1S/C21H18FN9O6S3/c22-7-37-27-12(16-26-21(24)40-28-16)17(33)25-13-18(34)31-14(20(35)36)9(5-39-19(13)31)2-1-3-29-4-11-30(8-29)10(6-38-11)15(23)32/h1-2,4,6,8,13,19H,3,5,7H2,(H5-,23,24,25,26,28,32,33,35,36)/b2-1?,27-12-/t13-,19-/m1/s1. The van der Waals surface area contributed by atoms with E-state index in [2.05, 4.69) is 24.7 Å². The number of fused-ring (bicyclic) bond motifs is 2. The predicted molar refractivity (Wildman–Crippen MR) is 138 cm³/mol. The highest BCUT2D eigenvalue weighted by Gasteiger charge is 2.53. The Hall–Kier alpha value is -4.36. The lowest BCUT2D eigenvalue weighted by Gasteiger charge is -2.50. The Morgan fingerprint density at radius 3 is 2.88 bits per heavy atom. The van der Waals surface area contributed by atoms with Gasteiger partial charge >= 0.3 is 0 Å². The highest BCUT2D eigenvalue weighted by molar-refractivity contribution is 8.00. The first-order chi connectivity index (χ1) is 19.2. The molecule has 15 nitrogen and oxygen atoms in total. The van der Waals surface area contributed by atoms with Crippen LogP contribution in [0.5, 0.6) is 0 Å². The molecule has 1 saturated heterocycles. The fraction of sp³-hybridized carbons (Fsp3) is 0.238. The summed E-state index contributed by atoms with van der Waals surface area (Å²) in [6.07, 6.45) is 6.78. The normalized spacial score (nSPS) is 19.2. The van der Waals surface area contributed by atoms with Crippen molar-refractivity contribution in [1.29, 1.82) is 0 Å². The highest BCUT2D eigenvalue weighted by atomic mass is 32.2. The smallest absolute Gasteiger partial charge is 0.289 e. The van der Waals surface area contributed by atoms with E-state index >= 15 is 0 Å². The molecule has 0 radical (unpaired) electrons. The molecule has 3 amide bonds. The van der Waals surface area contributed by atoms with Crippen LogP contribution in [0.25, 0.3) is 4.83 Å². The Kier molecular flexibility index (Phi) is 7.50. The highest BCUT2D eigenvalue weighted by Crippen LogP contribution is 2.40. The summed E-state index contributed by atoms with van der Waals surface area (Å²) in [4.78, 5) is 59.3. The summed E-state index contributed by atoms with van der Waals surface area (Å²) < 4.78 is 19.8. The number of carbonyl (C=O) groups excluding carboxylic acids is 4. The van der Waals surface area contributed by atoms with Crippen molar-refractivity contribution in [2.24, 2.45) is 10.9 Å². The second-order valence-electron chi connectivity index (χ2n) is 8.19. The zero-order chi connectivity index (χ0) is 28.6. The van der Waals surface area contributed by atoms with Gasteiger partial charge in [0.05, 0.1) is 11.7 Å². The molecular weight excluding hydrogens is 589 g/mol. The zero-order valence-corrected chi connectivity index (χ0v) is 22.5. The topological polar surface area (TPSA) is 214 Å². The van der Waals surface area contributed by atoms with Crippen molar-refractivity contribution >= 4 is 74.0 Å². The number of carboxylic acid groups (broad SMARTS) is 1. The maximum Gasteiger partial charge on any atom is 0.289 e. The van der Waals surface area contributed by atoms with E-state index in [-0.39, 0.29) is 22.4 Å². The number of halogens is 1. The number of oxime groups is 1. The molecule has 40 heavy (non-hydrogen) atoms. The number of aliphatic carboxylic acids is 1. The summed E-state index contributed by atoms with van der Waals surface area (Å²) in [6, 6.07) is -1.10. The van der Waals surface area contributed by atoms with Crippen LogP contribution in [0.1, 0.15) is 16.3 Å². The number of hydrogen-bond donors (Lipinski definition) is 3. The average molecular weight is 608 g/mol. The lowest BCUT2D eigenvalue weighted by Crippen LogP contribution is -2.71. The van der Waals surface area contributed by atoms with Gasteiger partial charge in [0.2, 0.25) is 22.1 Å². The number of hydrogen-bond acceptors (Lipinski definition) is 13. The number of nitrogens with zero attached hydrogens (tertiary/aromatic N) is 6. The number of aromatic nitrogens is 4. The molecule has 0 aromatic carbocycles. The van der Waals surface area contributed by atoms with Gasteiger partial charge in [-0.15, -0.1) is 11.8 Å². The largest absolute Gasteiger partial charge is 0.543 e. The second kappa shape index (κ2) is 11.0. The summed E-state index contributed by atoms with van der Waals surface area (Å²) in [5.74, 6) is -3.74. The van der Waals surface area contributed by atoms with Crippen molar-refractivity contribution in [3.8, 4) is 0 Å². The van der Waals surface area contributed by atoms with Crippen LogP contribution in [0.15, 0.2) is 46.5 Å². The molecule has 0 unspecified atom stereocenters. The zero-order valence-electron chi connectivity index (χ0n) is 20.1.